The van der Waals surface area contributed by atoms with Crippen molar-refractivity contribution in [1.82, 2.24) is 9.62 Å². The molecule has 7 nitrogen and oxygen atoms in total. The van der Waals surface area contributed by atoms with Crippen LogP contribution in [0.15, 0.2) is 53.4 Å². The van der Waals surface area contributed by atoms with Crippen molar-refractivity contribution in [2.75, 3.05) is 25.5 Å². The molecule has 0 bridgehead atoms. The van der Waals surface area contributed by atoms with Gasteiger partial charge in [-0.25, -0.2) is 12.8 Å². The summed E-state index contributed by atoms with van der Waals surface area (Å²) in [7, 11) is -2.59. The van der Waals surface area contributed by atoms with E-state index in [2.05, 4.69) is 10.6 Å². The van der Waals surface area contributed by atoms with Gasteiger partial charge in [0.05, 0.1) is 11.4 Å². The highest BCUT2D eigenvalue weighted by molar-refractivity contribution is 7.89. The van der Waals surface area contributed by atoms with E-state index in [1.54, 1.807) is 32.0 Å². The summed E-state index contributed by atoms with van der Waals surface area (Å²) in [5, 5.41) is 5.23. The molecule has 0 unspecified atom stereocenters. The van der Waals surface area contributed by atoms with Gasteiger partial charge in [-0.15, -0.1) is 0 Å². The first-order valence-electron chi connectivity index (χ1n) is 9.29. The predicted octanol–water partition coefficient (Wildman–Crippen LogP) is 2.50. The molecule has 0 fully saturated rings. The molecule has 0 aliphatic rings. The number of carbonyl (C=O) groups excluding carboxylic acids is 2. The Morgan fingerprint density at radius 2 is 1.67 bits per heavy atom. The lowest BCUT2D eigenvalue weighted by Crippen LogP contribution is -2.43. The Balaban J connectivity index is 2.00. The average molecular weight is 436 g/mol. The number of rotatable bonds is 8. The minimum absolute atomic E-state index is 0.00131. The SMILES string of the molecule is CC(=O)Nc1ccc(S(=O)(=O)N(C)CC(=O)NCC(C)(C)c2ccccc2F)cc1. The highest BCUT2D eigenvalue weighted by atomic mass is 32.2. The number of hydrogen-bond donors (Lipinski definition) is 2. The van der Waals surface area contributed by atoms with Gasteiger partial charge >= 0.3 is 0 Å². The van der Waals surface area contributed by atoms with Crippen LogP contribution in [-0.4, -0.2) is 44.7 Å². The van der Waals surface area contributed by atoms with Crippen LogP contribution in [0.1, 0.15) is 26.3 Å². The van der Waals surface area contributed by atoms with Crippen molar-refractivity contribution in [3.8, 4) is 0 Å². The van der Waals surface area contributed by atoms with E-state index in [0.29, 0.717) is 11.3 Å². The monoisotopic (exact) mass is 435 g/mol. The predicted molar refractivity (Wildman–Crippen MR) is 113 cm³/mol. The highest BCUT2D eigenvalue weighted by Gasteiger charge is 2.26. The van der Waals surface area contributed by atoms with Crippen molar-refractivity contribution in [2.45, 2.75) is 31.1 Å². The van der Waals surface area contributed by atoms with Crippen LogP contribution in [-0.2, 0) is 25.0 Å². The topological polar surface area (TPSA) is 95.6 Å². The third-order valence-electron chi connectivity index (χ3n) is 4.58. The fourth-order valence-electron chi connectivity index (χ4n) is 2.86. The van der Waals surface area contributed by atoms with Crippen LogP contribution in [0.4, 0.5) is 10.1 Å². The molecule has 0 aliphatic heterocycles. The molecule has 0 atom stereocenters. The van der Waals surface area contributed by atoms with Crippen LogP contribution >= 0.6 is 0 Å². The number of benzene rings is 2. The Bertz CT molecular complexity index is 1020. The van der Waals surface area contributed by atoms with Crippen molar-refractivity contribution in [3.05, 3.63) is 59.9 Å². The van der Waals surface area contributed by atoms with Crippen LogP contribution in [0.3, 0.4) is 0 Å². The standard InChI is InChI=1S/C21H26FN3O4S/c1-15(26)24-16-9-11-17(12-10-16)30(28,29)25(4)13-20(27)23-14-21(2,3)18-7-5-6-8-19(18)22/h5-12H,13-14H2,1-4H3,(H,23,27)(H,24,26). The van der Waals surface area contributed by atoms with Gasteiger partial charge in [0, 0.05) is 31.6 Å². The number of likely N-dealkylation sites (N-methyl/N-ethyl adjacent to an activating group) is 1. The molecule has 2 rings (SSSR count). The number of nitrogens with one attached hydrogen (secondary N) is 2. The lowest BCUT2D eigenvalue weighted by molar-refractivity contribution is -0.121. The minimum Gasteiger partial charge on any atom is -0.354 e. The molecule has 2 aromatic carbocycles. The average Bonchev–Trinajstić information content (AvgIpc) is 2.66. The molecule has 0 saturated heterocycles. The van der Waals surface area contributed by atoms with Crippen molar-refractivity contribution in [3.63, 3.8) is 0 Å². The maximum atomic E-state index is 14.0. The zero-order valence-electron chi connectivity index (χ0n) is 17.4. The Morgan fingerprint density at radius 1 is 1.07 bits per heavy atom. The summed E-state index contributed by atoms with van der Waals surface area (Å²) >= 11 is 0. The summed E-state index contributed by atoms with van der Waals surface area (Å²) in [6.45, 7) is 4.70. The van der Waals surface area contributed by atoms with Crippen LogP contribution < -0.4 is 10.6 Å². The van der Waals surface area contributed by atoms with E-state index in [1.807, 2.05) is 0 Å². The Kier molecular flexibility index (Phi) is 7.33. The van der Waals surface area contributed by atoms with Crippen LogP contribution in [0.5, 0.6) is 0 Å². The molecule has 2 aromatic rings. The van der Waals surface area contributed by atoms with Gasteiger partial charge in [-0.05, 0) is 35.9 Å². The largest absolute Gasteiger partial charge is 0.354 e. The van der Waals surface area contributed by atoms with Gasteiger partial charge in [-0.1, -0.05) is 32.0 Å². The molecule has 2 amide bonds. The van der Waals surface area contributed by atoms with E-state index in [1.165, 1.54) is 44.3 Å². The minimum atomic E-state index is -3.89. The summed E-state index contributed by atoms with van der Waals surface area (Å²) in [6.07, 6.45) is 0. The van der Waals surface area contributed by atoms with Crippen molar-refractivity contribution >= 4 is 27.5 Å². The Hall–Kier alpha value is -2.78. The van der Waals surface area contributed by atoms with E-state index < -0.39 is 21.3 Å². The molecule has 162 valence electrons. The third kappa shape index (κ3) is 5.87. The lowest BCUT2D eigenvalue weighted by Gasteiger charge is -2.26. The molecule has 30 heavy (non-hydrogen) atoms. The van der Waals surface area contributed by atoms with Gasteiger partial charge in [0.15, 0.2) is 0 Å². The maximum absolute atomic E-state index is 14.0. The van der Waals surface area contributed by atoms with Crippen LogP contribution in [0, 0.1) is 5.82 Å². The van der Waals surface area contributed by atoms with Crippen molar-refractivity contribution < 1.29 is 22.4 Å². The number of anilines is 1. The van der Waals surface area contributed by atoms with E-state index in [4.69, 9.17) is 0 Å². The smallest absolute Gasteiger partial charge is 0.243 e. The van der Waals surface area contributed by atoms with Gasteiger partial charge < -0.3 is 10.6 Å². The van der Waals surface area contributed by atoms with Gasteiger partial charge in [0.25, 0.3) is 0 Å². The van der Waals surface area contributed by atoms with Gasteiger partial charge in [-0.3, -0.25) is 9.59 Å². The van der Waals surface area contributed by atoms with Crippen molar-refractivity contribution in [1.29, 1.82) is 0 Å². The molecule has 0 radical (unpaired) electrons. The Morgan fingerprint density at radius 3 is 2.23 bits per heavy atom. The quantitative estimate of drug-likeness (QED) is 0.666. The molecule has 9 heteroatoms. The normalized spacial score (nSPS) is 11.9. The molecule has 0 aromatic heterocycles. The number of nitrogens with zero attached hydrogens (tertiary/aromatic N) is 1. The van der Waals surface area contributed by atoms with E-state index in [-0.39, 0.29) is 29.7 Å². The fraction of sp³-hybridized carbons (Fsp3) is 0.333. The number of carbonyl (C=O) groups is 2. The van der Waals surface area contributed by atoms with Crippen LogP contribution in [0.25, 0.3) is 0 Å². The number of amides is 2. The second-order valence-corrected chi connectivity index (χ2v) is 9.65. The fourth-order valence-corrected chi connectivity index (χ4v) is 3.99. The van der Waals surface area contributed by atoms with Gasteiger partial charge in [0.2, 0.25) is 21.8 Å². The second-order valence-electron chi connectivity index (χ2n) is 7.61. The summed E-state index contributed by atoms with van der Waals surface area (Å²) in [4.78, 5) is 23.4. The van der Waals surface area contributed by atoms with Gasteiger partial charge in [-0.2, -0.15) is 4.31 Å². The van der Waals surface area contributed by atoms with Crippen LogP contribution in [0.2, 0.25) is 0 Å². The molecule has 0 saturated carbocycles. The summed E-state index contributed by atoms with van der Waals surface area (Å²) in [6, 6.07) is 12.0. The summed E-state index contributed by atoms with van der Waals surface area (Å²) < 4.78 is 40.3. The third-order valence-corrected chi connectivity index (χ3v) is 6.40. The van der Waals surface area contributed by atoms with E-state index >= 15 is 0 Å². The molecular formula is C21H26FN3O4S. The first-order valence-corrected chi connectivity index (χ1v) is 10.7. The Labute approximate surface area is 176 Å². The van der Waals surface area contributed by atoms with E-state index in [9.17, 15) is 22.4 Å². The summed E-state index contributed by atoms with van der Waals surface area (Å²) in [5.74, 6) is -1.13. The zero-order valence-corrected chi connectivity index (χ0v) is 18.2. The number of hydrogen-bond acceptors (Lipinski definition) is 4. The van der Waals surface area contributed by atoms with Gasteiger partial charge in [0.1, 0.15) is 5.82 Å². The number of sulfonamides is 1. The molecule has 0 heterocycles. The highest BCUT2D eigenvalue weighted by Crippen LogP contribution is 2.25. The first-order chi connectivity index (χ1) is 13.9. The maximum Gasteiger partial charge on any atom is 0.243 e. The molecule has 2 N–H and O–H groups in total. The van der Waals surface area contributed by atoms with E-state index in [0.717, 1.165) is 4.31 Å². The van der Waals surface area contributed by atoms with Crippen molar-refractivity contribution in [2.24, 2.45) is 0 Å². The summed E-state index contributed by atoms with van der Waals surface area (Å²) in [5.41, 5.74) is 0.264. The molecule has 0 spiro atoms. The first kappa shape index (κ1) is 23.5. The molecular weight excluding hydrogens is 409 g/mol. The zero-order chi connectivity index (χ0) is 22.5. The number of halogens is 1. The lowest BCUT2D eigenvalue weighted by atomic mass is 9.84. The molecule has 0 aliphatic carbocycles. The second kappa shape index (κ2) is 9.36.